The summed E-state index contributed by atoms with van der Waals surface area (Å²) in [6.07, 6.45) is 2.53. The van der Waals surface area contributed by atoms with Gasteiger partial charge in [-0.15, -0.1) is 0 Å². The molecule has 1 aromatic heterocycles. The van der Waals surface area contributed by atoms with Crippen molar-refractivity contribution < 1.29 is 17.6 Å². The number of benzene rings is 1. The molecule has 1 N–H and O–H groups in total. The molecule has 0 saturated carbocycles. The molecule has 0 bridgehead atoms. The Hall–Kier alpha value is -1.83. The Balaban J connectivity index is 1.61. The van der Waals surface area contributed by atoms with Crippen LogP contribution in [-0.4, -0.2) is 38.4 Å². The van der Waals surface area contributed by atoms with Crippen molar-refractivity contribution in [2.75, 3.05) is 13.1 Å². The SMILES string of the molecule is O=C(c1ccco1)N1CCC(NS(=O)(=O)c2ccccc2Cl)CC1. The van der Waals surface area contributed by atoms with E-state index in [0.29, 0.717) is 31.7 Å². The lowest BCUT2D eigenvalue weighted by atomic mass is 10.1. The van der Waals surface area contributed by atoms with E-state index in [-0.39, 0.29) is 21.9 Å². The molecule has 0 aliphatic carbocycles. The Morgan fingerprint density at radius 1 is 1.17 bits per heavy atom. The van der Waals surface area contributed by atoms with Gasteiger partial charge in [-0.25, -0.2) is 13.1 Å². The second-order valence-electron chi connectivity index (χ2n) is 5.60. The van der Waals surface area contributed by atoms with Gasteiger partial charge >= 0.3 is 0 Å². The lowest BCUT2D eigenvalue weighted by molar-refractivity contribution is 0.0679. The van der Waals surface area contributed by atoms with Gasteiger partial charge in [-0.3, -0.25) is 4.79 Å². The average molecular weight is 369 g/mol. The van der Waals surface area contributed by atoms with Crippen molar-refractivity contribution in [3.8, 4) is 0 Å². The van der Waals surface area contributed by atoms with Gasteiger partial charge in [-0.05, 0) is 37.1 Å². The molecule has 0 unspecified atom stereocenters. The van der Waals surface area contributed by atoms with E-state index in [9.17, 15) is 13.2 Å². The fourth-order valence-electron chi connectivity index (χ4n) is 2.70. The van der Waals surface area contributed by atoms with Crippen LogP contribution in [0.4, 0.5) is 0 Å². The molecule has 8 heteroatoms. The minimum atomic E-state index is -3.68. The summed E-state index contributed by atoms with van der Waals surface area (Å²) in [5, 5.41) is 0.190. The van der Waals surface area contributed by atoms with E-state index in [4.69, 9.17) is 16.0 Å². The maximum absolute atomic E-state index is 12.4. The number of nitrogens with zero attached hydrogens (tertiary/aromatic N) is 1. The van der Waals surface area contributed by atoms with Crippen molar-refractivity contribution >= 4 is 27.5 Å². The first-order chi connectivity index (χ1) is 11.5. The molecule has 1 fully saturated rings. The number of rotatable bonds is 4. The average Bonchev–Trinajstić information content (AvgIpc) is 3.09. The first kappa shape index (κ1) is 17.0. The van der Waals surface area contributed by atoms with Crippen LogP contribution in [0.3, 0.4) is 0 Å². The van der Waals surface area contributed by atoms with Crippen LogP contribution in [0.2, 0.25) is 5.02 Å². The lowest BCUT2D eigenvalue weighted by Crippen LogP contribution is -2.46. The molecule has 1 saturated heterocycles. The molecule has 0 atom stereocenters. The number of carbonyl (C=O) groups is 1. The van der Waals surface area contributed by atoms with Crippen LogP contribution in [0.25, 0.3) is 0 Å². The number of likely N-dealkylation sites (tertiary alicyclic amines) is 1. The highest BCUT2D eigenvalue weighted by atomic mass is 35.5. The largest absolute Gasteiger partial charge is 0.459 e. The van der Waals surface area contributed by atoms with E-state index < -0.39 is 10.0 Å². The van der Waals surface area contributed by atoms with Crippen LogP contribution in [0.1, 0.15) is 23.4 Å². The number of sulfonamides is 1. The monoisotopic (exact) mass is 368 g/mol. The number of halogens is 1. The van der Waals surface area contributed by atoms with Gasteiger partial charge in [0.2, 0.25) is 10.0 Å². The van der Waals surface area contributed by atoms with Crippen LogP contribution in [0.15, 0.2) is 52.0 Å². The molecule has 3 rings (SSSR count). The van der Waals surface area contributed by atoms with Crippen LogP contribution >= 0.6 is 11.6 Å². The maximum atomic E-state index is 12.4. The van der Waals surface area contributed by atoms with Crippen LogP contribution < -0.4 is 4.72 Å². The molecule has 1 aromatic carbocycles. The van der Waals surface area contributed by atoms with Crippen molar-refractivity contribution in [3.05, 3.63) is 53.4 Å². The number of carbonyl (C=O) groups excluding carboxylic acids is 1. The van der Waals surface area contributed by atoms with E-state index in [2.05, 4.69) is 4.72 Å². The summed E-state index contributed by atoms with van der Waals surface area (Å²) in [5.41, 5.74) is 0. The zero-order valence-corrected chi connectivity index (χ0v) is 14.4. The number of hydrogen-bond donors (Lipinski definition) is 1. The summed E-state index contributed by atoms with van der Waals surface area (Å²) in [6.45, 7) is 0.935. The second-order valence-corrected chi connectivity index (χ2v) is 7.69. The standard InChI is InChI=1S/C16H17ClN2O4S/c17-13-4-1-2-6-15(13)24(21,22)18-12-7-9-19(10-8-12)16(20)14-5-3-11-23-14/h1-6,11-12,18H,7-10H2. The van der Waals surface area contributed by atoms with E-state index in [1.165, 1.54) is 12.3 Å². The Morgan fingerprint density at radius 3 is 2.50 bits per heavy atom. The van der Waals surface area contributed by atoms with Crippen LogP contribution in [-0.2, 0) is 10.0 Å². The summed E-state index contributed by atoms with van der Waals surface area (Å²) in [5.74, 6) is 0.123. The molecule has 1 amide bonds. The van der Waals surface area contributed by atoms with Gasteiger partial charge in [-0.2, -0.15) is 0 Å². The van der Waals surface area contributed by atoms with E-state index in [1.807, 2.05) is 0 Å². The number of furan rings is 1. The van der Waals surface area contributed by atoms with Crippen molar-refractivity contribution in [3.63, 3.8) is 0 Å². The van der Waals surface area contributed by atoms with Crippen LogP contribution in [0, 0.1) is 0 Å². The molecule has 6 nitrogen and oxygen atoms in total. The van der Waals surface area contributed by atoms with E-state index in [1.54, 1.807) is 35.2 Å². The third kappa shape index (κ3) is 3.63. The summed E-state index contributed by atoms with van der Waals surface area (Å²) in [4.78, 5) is 13.9. The van der Waals surface area contributed by atoms with Crippen molar-refractivity contribution in [2.24, 2.45) is 0 Å². The normalized spacial score (nSPS) is 16.3. The molecule has 0 radical (unpaired) electrons. The van der Waals surface area contributed by atoms with Crippen molar-refractivity contribution in [2.45, 2.75) is 23.8 Å². The zero-order valence-electron chi connectivity index (χ0n) is 12.8. The predicted octanol–water partition coefficient (Wildman–Crippen LogP) is 2.52. The zero-order chi connectivity index (χ0) is 17.2. The quantitative estimate of drug-likeness (QED) is 0.899. The topological polar surface area (TPSA) is 79.6 Å². The highest BCUT2D eigenvalue weighted by Crippen LogP contribution is 2.22. The number of nitrogens with one attached hydrogen (secondary N) is 1. The highest BCUT2D eigenvalue weighted by molar-refractivity contribution is 7.89. The molecule has 2 heterocycles. The first-order valence-corrected chi connectivity index (χ1v) is 9.43. The predicted molar refractivity (Wildman–Crippen MR) is 89.4 cm³/mol. The first-order valence-electron chi connectivity index (χ1n) is 7.57. The van der Waals surface area contributed by atoms with Crippen LogP contribution in [0.5, 0.6) is 0 Å². The van der Waals surface area contributed by atoms with Gasteiger partial charge in [0.1, 0.15) is 4.90 Å². The fourth-order valence-corrected chi connectivity index (χ4v) is 4.53. The summed E-state index contributed by atoms with van der Waals surface area (Å²) in [6, 6.07) is 9.38. The van der Waals surface area contributed by atoms with Gasteiger partial charge in [0.25, 0.3) is 5.91 Å². The Kier molecular flexibility index (Phi) is 4.93. The number of amides is 1. The summed E-state index contributed by atoms with van der Waals surface area (Å²) < 4.78 is 32.6. The van der Waals surface area contributed by atoms with Gasteiger partial charge in [-0.1, -0.05) is 23.7 Å². The summed E-state index contributed by atoms with van der Waals surface area (Å²) in [7, 11) is -3.68. The third-order valence-electron chi connectivity index (χ3n) is 3.96. The molecule has 128 valence electrons. The van der Waals surface area contributed by atoms with Crippen molar-refractivity contribution in [1.29, 1.82) is 0 Å². The smallest absolute Gasteiger partial charge is 0.289 e. The molecule has 1 aliphatic heterocycles. The Labute approximate surface area is 145 Å². The molecule has 2 aromatic rings. The molecule has 1 aliphatic rings. The second kappa shape index (κ2) is 6.96. The number of hydrogen-bond acceptors (Lipinski definition) is 4. The number of piperidine rings is 1. The molecular weight excluding hydrogens is 352 g/mol. The van der Waals surface area contributed by atoms with Gasteiger partial charge in [0, 0.05) is 19.1 Å². The molecular formula is C16H17ClN2O4S. The third-order valence-corrected chi connectivity index (χ3v) is 5.98. The minimum Gasteiger partial charge on any atom is -0.459 e. The Bertz CT molecular complexity index is 812. The minimum absolute atomic E-state index is 0.0701. The van der Waals surface area contributed by atoms with Gasteiger partial charge in [0.15, 0.2) is 5.76 Å². The summed E-state index contributed by atoms with van der Waals surface area (Å²) >= 11 is 5.97. The molecule has 24 heavy (non-hydrogen) atoms. The van der Waals surface area contributed by atoms with E-state index in [0.717, 1.165) is 0 Å². The Morgan fingerprint density at radius 2 is 1.88 bits per heavy atom. The molecule has 0 spiro atoms. The van der Waals surface area contributed by atoms with Crippen molar-refractivity contribution in [1.82, 2.24) is 9.62 Å². The highest BCUT2D eigenvalue weighted by Gasteiger charge is 2.28. The van der Waals surface area contributed by atoms with Gasteiger partial charge < -0.3 is 9.32 Å². The van der Waals surface area contributed by atoms with E-state index >= 15 is 0 Å². The fraction of sp³-hybridized carbons (Fsp3) is 0.312. The lowest BCUT2D eigenvalue weighted by Gasteiger charge is -2.31. The maximum Gasteiger partial charge on any atom is 0.289 e. The van der Waals surface area contributed by atoms with Gasteiger partial charge in [0.05, 0.1) is 11.3 Å².